The fraction of sp³-hybridized carbons (Fsp3) is 0.444. The Bertz CT molecular complexity index is 235. The molecule has 11 heavy (non-hydrogen) atoms. The number of hydrogen-bond donors (Lipinski definition) is 1. The van der Waals surface area contributed by atoms with E-state index < -0.39 is 0 Å². The Balaban J connectivity index is 2.09. The minimum atomic E-state index is 0.307. The average Bonchev–Trinajstić information content (AvgIpc) is 2.85. The minimum absolute atomic E-state index is 0.307. The summed E-state index contributed by atoms with van der Waals surface area (Å²) in [6.45, 7) is 0.307. The van der Waals surface area contributed by atoms with Gasteiger partial charge in [-0.1, -0.05) is 6.07 Å². The third-order valence-electron chi connectivity index (χ3n) is 2.22. The maximum Gasteiger partial charge on any atom is 0.0465 e. The van der Waals surface area contributed by atoms with Crippen LogP contribution in [0.1, 0.15) is 18.0 Å². The van der Waals surface area contributed by atoms with Crippen LogP contribution in [0.2, 0.25) is 0 Å². The van der Waals surface area contributed by atoms with Gasteiger partial charge in [0.1, 0.15) is 0 Å². The van der Waals surface area contributed by atoms with Crippen molar-refractivity contribution in [3.8, 4) is 0 Å². The van der Waals surface area contributed by atoms with Crippen LogP contribution in [-0.2, 0) is 0 Å². The summed E-state index contributed by atoms with van der Waals surface area (Å²) in [7, 11) is 0. The summed E-state index contributed by atoms with van der Waals surface area (Å²) in [4.78, 5) is 4.23. The molecule has 1 heterocycles. The Morgan fingerprint density at radius 1 is 1.55 bits per heavy atom. The highest BCUT2D eigenvalue weighted by Gasteiger charge is 2.38. The van der Waals surface area contributed by atoms with Gasteiger partial charge in [-0.25, -0.2) is 0 Å². The molecule has 1 aromatic heterocycles. The Morgan fingerprint density at radius 3 is 3.00 bits per heavy atom. The molecule has 0 amide bonds. The van der Waals surface area contributed by atoms with E-state index in [4.69, 9.17) is 5.11 Å². The predicted molar refractivity (Wildman–Crippen MR) is 42.2 cm³/mol. The van der Waals surface area contributed by atoms with Crippen LogP contribution in [-0.4, -0.2) is 16.7 Å². The van der Waals surface area contributed by atoms with Gasteiger partial charge in [-0.05, 0) is 24.5 Å². The number of rotatable bonds is 2. The molecule has 1 aliphatic carbocycles. The van der Waals surface area contributed by atoms with Crippen molar-refractivity contribution in [1.29, 1.82) is 0 Å². The number of nitrogens with zero attached hydrogens (tertiary/aromatic N) is 1. The minimum Gasteiger partial charge on any atom is -0.396 e. The van der Waals surface area contributed by atoms with Gasteiger partial charge < -0.3 is 5.11 Å². The van der Waals surface area contributed by atoms with Crippen LogP contribution in [0, 0.1) is 5.92 Å². The standard InChI is InChI=1S/C9H11NO/c11-6-7-5-8(7)9-3-1-2-4-10-9/h1-4,7-8,11H,5-6H2/t7-,8+/m0/s1. The van der Waals surface area contributed by atoms with Crippen molar-refractivity contribution in [1.82, 2.24) is 4.98 Å². The van der Waals surface area contributed by atoms with Crippen molar-refractivity contribution in [3.05, 3.63) is 30.1 Å². The maximum atomic E-state index is 8.81. The van der Waals surface area contributed by atoms with Crippen molar-refractivity contribution in [2.45, 2.75) is 12.3 Å². The van der Waals surface area contributed by atoms with Gasteiger partial charge in [-0.3, -0.25) is 4.98 Å². The van der Waals surface area contributed by atoms with E-state index in [1.165, 1.54) is 0 Å². The molecule has 0 aliphatic heterocycles. The van der Waals surface area contributed by atoms with Crippen LogP contribution in [0.15, 0.2) is 24.4 Å². The van der Waals surface area contributed by atoms with Crippen molar-refractivity contribution in [2.75, 3.05) is 6.61 Å². The van der Waals surface area contributed by atoms with Crippen LogP contribution >= 0.6 is 0 Å². The lowest BCUT2D eigenvalue weighted by atomic mass is 10.2. The van der Waals surface area contributed by atoms with Gasteiger partial charge in [0.15, 0.2) is 0 Å². The zero-order valence-corrected chi connectivity index (χ0v) is 6.27. The second kappa shape index (κ2) is 2.62. The lowest BCUT2D eigenvalue weighted by molar-refractivity contribution is 0.273. The van der Waals surface area contributed by atoms with Crippen LogP contribution in [0.3, 0.4) is 0 Å². The van der Waals surface area contributed by atoms with Gasteiger partial charge in [0, 0.05) is 24.4 Å². The molecule has 0 unspecified atom stereocenters. The highest BCUT2D eigenvalue weighted by molar-refractivity contribution is 5.17. The second-order valence-corrected chi connectivity index (χ2v) is 3.04. The largest absolute Gasteiger partial charge is 0.396 e. The molecule has 2 rings (SSSR count). The molecular formula is C9H11NO. The van der Waals surface area contributed by atoms with Crippen molar-refractivity contribution >= 4 is 0 Å². The van der Waals surface area contributed by atoms with Crippen molar-refractivity contribution in [2.24, 2.45) is 5.92 Å². The number of aliphatic hydroxyl groups is 1. The number of aliphatic hydroxyl groups excluding tert-OH is 1. The normalized spacial score (nSPS) is 28.5. The van der Waals surface area contributed by atoms with E-state index in [0.717, 1.165) is 12.1 Å². The first kappa shape index (κ1) is 6.80. The molecule has 2 heteroatoms. The van der Waals surface area contributed by atoms with E-state index in [0.29, 0.717) is 18.4 Å². The Hall–Kier alpha value is -0.890. The second-order valence-electron chi connectivity index (χ2n) is 3.04. The van der Waals surface area contributed by atoms with Crippen LogP contribution < -0.4 is 0 Å². The highest BCUT2D eigenvalue weighted by atomic mass is 16.3. The summed E-state index contributed by atoms with van der Waals surface area (Å²) in [6.07, 6.45) is 2.91. The van der Waals surface area contributed by atoms with Crippen LogP contribution in [0.5, 0.6) is 0 Å². The van der Waals surface area contributed by atoms with E-state index in [-0.39, 0.29) is 0 Å². The average molecular weight is 149 g/mol. The molecule has 1 saturated carbocycles. The van der Waals surface area contributed by atoms with E-state index in [1.807, 2.05) is 24.4 Å². The predicted octanol–water partition coefficient (Wildman–Crippen LogP) is 1.18. The van der Waals surface area contributed by atoms with E-state index >= 15 is 0 Å². The van der Waals surface area contributed by atoms with Crippen molar-refractivity contribution < 1.29 is 5.11 Å². The third-order valence-corrected chi connectivity index (χ3v) is 2.22. The molecule has 0 spiro atoms. The first-order valence-electron chi connectivity index (χ1n) is 3.93. The summed E-state index contributed by atoms with van der Waals surface area (Å²) in [6, 6.07) is 5.94. The fourth-order valence-corrected chi connectivity index (χ4v) is 1.41. The zero-order chi connectivity index (χ0) is 7.68. The highest BCUT2D eigenvalue weighted by Crippen LogP contribution is 2.45. The topological polar surface area (TPSA) is 33.1 Å². The summed E-state index contributed by atoms with van der Waals surface area (Å²) in [5, 5.41) is 8.81. The molecule has 1 aromatic rings. The summed E-state index contributed by atoms with van der Waals surface area (Å²) < 4.78 is 0. The first-order valence-corrected chi connectivity index (χ1v) is 3.93. The number of hydrogen-bond acceptors (Lipinski definition) is 2. The zero-order valence-electron chi connectivity index (χ0n) is 6.27. The van der Waals surface area contributed by atoms with E-state index in [2.05, 4.69) is 4.98 Å². The smallest absolute Gasteiger partial charge is 0.0465 e. The molecular weight excluding hydrogens is 138 g/mol. The SMILES string of the molecule is OC[C@@H]1C[C@H]1c1ccccn1. The van der Waals surface area contributed by atoms with Gasteiger partial charge in [-0.2, -0.15) is 0 Å². The van der Waals surface area contributed by atoms with E-state index in [1.54, 1.807) is 0 Å². The fourth-order valence-electron chi connectivity index (χ4n) is 1.41. The van der Waals surface area contributed by atoms with E-state index in [9.17, 15) is 0 Å². The quantitative estimate of drug-likeness (QED) is 0.684. The molecule has 2 atom stereocenters. The molecule has 58 valence electrons. The molecule has 1 fully saturated rings. The van der Waals surface area contributed by atoms with Crippen LogP contribution in [0.4, 0.5) is 0 Å². The molecule has 0 saturated heterocycles. The molecule has 0 radical (unpaired) electrons. The monoisotopic (exact) mass is 149 g/mol. The molecule has 1 N–H and O–H groups in total. The van der Waals surface area contributed by atoms with Crippen LogP contribution in [0.25, 0.3) is 0 Å². The molecule has 1 aliphatic rings. The van der Waals surface area contributed by atoms with Gasteiger partial charge in [0.05, 0.1) is 0 Å². The van der Waals surface area contributed by atoms with Gasteiger partial charge in [-0.15, -0.1) is 0 Å². The summed E-state index contributed by atoms with van der Waals surface area (Å²) in [5.41, 5.74) is 1.13. The number of aromatic nitrogens is 1. The summed E-state index contributed by atoms with van der Waals surface area (Å²) >= 11 is 0. The maximum absolute atomic E-state index is 8.81. The third kappa shape index (κ3) is 1.26. The lowest BCUT2D eigenvalue weighted by Gasteiger charge is -1.94. The lowest BCUT2D eigenvalue weighted by Crippen LogP contribution is -1.90. The van der Waals surface area contributed by atoms with Gasteiger partial charge >= 0.3 is 0 Å². The van der Waals surface area contributed by atoms with Crippen molar-refractivity contribution in [3.63, 3.8) is 0 Å². The van der Waals surface area contributed by atoms with Gasteiger partial charge in [0.25, 0.3) is 0 Å². The number of pyridine rings is 1. The Kier molecular flexibility index (Phi) is 1.62. The Labute approximate surface area is 65.9 Å². The first-order chi connectivity index (χ1) is 5.42. The Morgan fingerprint density at radius 2 is 2.45 bits per heavy atom. The molecule has 0 aromatic carbocycles. The summed E-state index contributed by atoms with van der Waals surface area (Å²) in [5.74, 6) is 1.01. The molecule has 0 bridgehead atoms. The molecule has 2 nitrogen and oxygen atoms in total. The van der Waals surface area contributed by atoms with Gasteiger partial charge in [0.2, 0.25) is 0 Å².